The van der Waals surface area contributed by atoms with Gasteiger partial charge in [0.15, 0.2) is 0 Å². The van der Waals surface area contributed by atoms with E-state index in [2.05, 4.69) is 40.9 Å². The Morgan fingerprint density at radius 1 is 1.23 bits per heavy atom. The van der Waals surface area contributed by atoms with Gasteiger partial charge in [-0.15, -0.1) is 11.3 Å². The largest absolute Gasteiger partial charge is 0.373 e. The second-order valence-electron chi connectivity index (χ2n) is 6.73. The molecular formula is C18H25N3O3S2. The maximum Gasteiger partial charge on any atom is 0.279 e. The molecule has 2 heterocycles. The highest BCUT2D eigenvalue weighted by Gasteiger charge is 2.30. The predicted molar refractivity (Wildman–Crippen MR) is 104 cm³/mol. The highest BCUT2D eigenvalue weighted by Crippen LogP contribution is 2.24. The molecule has 0 bridgehead atoms. The summed E-state index contributed by atoms with van der Waals surface area (Å²) in [4.78, 5) is 4.62. The zero-order valence-electron chi connectivity index (χ0n) is 15.3. The van der Waals surface area contributed by atoms with Gasteiger partial charge < -0.3 is 4.74 Å². The van der Waals surface area contributed by atoms with Gasteiger partial charge in [0.2, 0.25) is 0 Å². The zero-order valence-corrected chi connectivity index (χ0v) is 16.9. The van der Waals surface area contributed by atoms with E-state index in [0.29, 0.717) is 26.1 Å². The van der Waals surface area contributed by atoms with Crippen LogP contribution in [-0.2, 0) is 21.4 Å². The average molecular weight is 396 g/mol. The minimum Gasteiger partial charge on any atom is -0.373 e. The van der Waals surface area contributed by atoms with Crippen LogP contribution in [0.5, 0.6) is 0 Å². The lowest BCUT2D eigenvalue weighted by Crippen LogP contribution is -2.52. The summed E-state index contributed by atoms with van der Waals surface area (Å²) in [6.07, 6.45) is 0.383. The van der Waals surface area contributed by atoms with Crippen LogP contribution >= 0.6 is 11.3 Å². The predicted octanol–water partition coefficient (Wildman–Crippen LogP) is 2.60. The van der Waals surface area contributed by atoms with Gasteiger partial charge in [0.1, 0.15) is 5.01 Å². The molecule has 1 aromatic carbocycles. The fourth-order valence-electron chi connectivity index (χ4n) is 2.98. The molecule has 0 spiro atoms. The van der Waals surface area contributed by atoms with Crippen molar-refractivity contribution in [1.29, 1.82) is 0 Å². The quantitative estimate of drug-likeness (QED) is 0.816. The first-order chi connectivity index (χ1) is 12.3. The zero-order chi connectivity index (χ0) is 18.7. The van der Waals surface area contributed by atoms with Gasteiger partial charge in [0, 0.05) is 37.0 Å². The van der Waals surface area contributed by atoms with E-state index in [0.717, 1.165) is 16.3 Å². The van der Waals surface area contributed by atoms with Gasteiger partial charge in [0.05, 0.1) is 17.9 Å². The number of ether oxygens (including phenoxy) is 1. The molecule has 3 rings (SSSR count). The fraction of sp³-hybridized carbons (Fsp3) is 0.500. The first-order valence-corrected chi connectivity index (χ1v) is 11.1. The van der Waals surface area contributed by atoms with Crippen LogP contribution in [0.25, 0.3) is 10.6 Å². The maximum absolute atomic E-state index is 12.5. The molecule has 0 aliphatic carbocycles. The Morgan fingerprint density at radius 2 is 1.88 bits per heavy atom. The number of hydrogen-bond donors (Lipinski definition) is 1. The van der Waals surface area contributed by atoms with Crippen LogP contribution in [0.15, 0.2) is 29.6 Å². The summed E-state index contributed by atoms with van der Waals surface area (Å²) in [7, 11) is -3.49. The summed E-state index contributed by atoms with van der Waals surface area (Å²) in [5.41, 5.74) is 3.20. The van der Waals surface area contributed by atoms with E-state index in [1.165, 1.54) is 9.87 Å². The Morgan fingerprint density at radius 3 is 2.54 bits per heavy atom. The van der Waals surface area contributed by atoms with Gasteiger partial charge in [-0.3, -0.25) is 0 Å². The smallest absolute Gasteiger partial charge is 0.279 e. The van der Waals surface area contributed by atoms with Crippen molar-refractivity contribution in [3.05, 3.63) is 40.9 Å². The number of benzene rings is 1. The van der Waals surface area contributed by atoms with E-state index >= 15 is 0 Å². The van der Waals surface area contributed by atoms with Crippen molar-refractivity contribution in [2.45, 2.75) is 39.4 Å². The molecule has 1 aliphatic rings. The number of aryl methyl sites for hydroxylation is 1. The highest BCUT2D eigenvalue weighted by molar-refractivity contribution is 7.87. The Bertz CT molecular complexity index is 824. The van der Waals surface area contributed by atoms with E-state index in [1.54, 1.807) is 11.3 Å². The van der Waals surface area contributed by atoms with Gasteiger partial charge >= 0.3 is 0 Å². The Kier molecular flexibility index (Phi) is 6.09. The number of aromatic nitrogens is 1. The number of morpholine rings is 1. The molecule has 0 amide bonds. The van der Waals surface area contributed by atoms with Crippen molar-refractivity contribution in [3.63, 3.8) is 0 Å². The molecule has 0 saturated carbocycles. The van der Waals surface area contributed by atoms with E-state index in [9.17, 15) is 8.42 Å². The third kappa shape index (κ3) is 4.89. The lowest BCUT2D eigenvalue weighted by atomic mass is 10.2. The molecule has 2 aromatic rings. The summed E-state index contributed by atoms with van der Waals surface area (Å²) in [5.74, 6) is 0. The summed E-state index contributed by atoms with van der Waals surface area (Å²) in [6, 6.07) is 8.24. The molecule has 8 heteroatoms. The summed E-state index contributed by atoms with van der Waals surface area (Å²) in [6.45, 7) is 6.93. The van der Waals surface area contributed by atoms with E-state index < -0.39 is 10.2 Å². The lowest BCUT2D eigenvalue weighted by Gasteiger charge is -2.34. The van der Waals surface area contributed by atoms with E-state index in [1.807, 2.05) is 19.2 Å². The Hall–Kier alpha value is -1.32. The summed E-state index contributed by atoms with van der Waals surface area (Å²) in [5, 5.41) is 2.95. The monoisotopic (exact) mass is 395 g/mol. The first kappa shape index (κ1) is 19.4. The number of rotatable bonds is 6. The molecule has 6 nitrogen and oxygen atoms in total. The lowest BCUT2D eigenvalue weighted by molar-refractivity contribution is -0.0443. The molecule has 0 radical (unpaired) electrons. The van der Waals surface area contributed by atoms with Crippen molar-refractivity contribution in [1.82, 2.24) is 14.0 Å². The minimum atomic E-state index is -3.49. The normalized spacial score (nSPS) is 21.8. The van der Waals surface area contributed by atoms with Crippen LogP contribution in [0.4, 0.5) is 0 Å². The summed E-state index contributed by atoms with van der Waals surface area (Å²) < 4.78 is 34.7. The van der Waals surface area contributed by atoms with E-state index in [-0.39, 0.29) is 12.2 Å². The van der Waals surface area contributed by atoms with Gasteiger partial charge in [0.25, 0.3) is 10.2 Å². The maximum atomic E-state index is 12.5. The van der Waals surface area contributed by atoms with Crippen LogP contribution in [0.3, 0.4) is 0 Å². The molecule has 26 heavy (non-hydrogen) atoms. The van der Waals surface area contributed by atoms with Crippen LogP contribution in [0.2, 0.25) is 0 Å². The molecule has 2 unspecified atom stereocenters. The first-order valence-electron chi connectivity index (χ1n) is 8.75. The van der Waals surface area contributed by atoms with Crippen LogP contribution in [0, 0.1) is 6.92 Å². The summed E-state index contributed by atoms with van der Waals surface area (Å²) >= 11 is 1.58. The van der Waals surface area contributed by atoms with Crippen LogP contribution in [-0.4, -0.2) is 49.5 Å². The van der Waals surface area contributed by atoms with Crippen molar-refractivity contribution >= 4 is 21.5 Å². The molecule has 1 N–H and O–H groups in total. The number of nitrogens with zero attached hydrogens (tertiary/aromatic N) is 2. The van der Waals surface area contributed by atoms with Gasteiger partial charge in [-0.25, -0.2) is 9.71 Å². The van der Waals surface area contributed by atoms with Gasteiger partial charge in [-0.1, -0.05) is 29.8 Å². The number of hydrogen-bond acceptors (Lipinski definition) is 5. The second-order valence-corrected chi connectivity index (χ2v) is 9.35. The molecule has 1 fully saturated rings. The third-order valence-corrected chi connectivity index (χ3v) is 6.73. The molecular weight excluding hydrogens is 370 g/mol. The van der Waals surface area contributed by atoms with Crippen molar-refractivity contribution in [2.75, 3.05) is 19.6 Å². The molecule has 2 atom stereocenters. The van der Waals surface area contributed by atoms with Crippen LogP contribution < -0.4 is 4.72 Å². The highest BCUT2D eigenvalue weighted by atomic mass is 32.2. The van der Waals surface area contributed by atoms with Gasteiger partial charge in [-0.2, -0.15) is 12.7 Å². The van der Waals surface area contributed by atoms with Crippen LogP contribution in [0.1, 0.15) is 25.1 Å². The molecule has 142 valence electrons. The molecule has 1 saturated heterocycles. The van der Waals surface area contributed by atoms with E-state index in [4.69, 9.17) is 4.74 Å². The minimum absolute atomic E-state index is 0.0917. The number of thiazole rings is 1. The van der Waals surface area contributed by atoms with Crippen molar-refractivity contribution in [3.8, 4) is 10.6 Å². The van der Waals surface area contributed by atoms with Crippen molar-refractivity contribution < 1.29 is 13.2 Å². The molecule has 1 aliphatic heterocycles. The third-order valence-electron chi connectivity index (χ3n) is 4.24. The van der Waals surface area contributed by atoms with Crippen molar-refractivity contribution in [2.24, 2.45) is 0 Å². The topological polar surface area (TPSA) is 71.5 Å². The average Bonchev–Trinajstić information content (AvgIpc) is 3.03. The van der Waals surface area contributed by atoms with Gasteiger partial charge in [-0.05, 0) is 20.8 Å². The fourth-order valence-corrected chi connectivity index (χ4v) is 5.19. The second kappa shape index (κ2) is 8.14. The standard InChI is InChI=1S/C18H25N3O3S2/c1-13-4-6-16(7-5-13)18-20-17(12-25-18)8-9-19-26(22,23)21-10-14(2)24-15(3)11-21/h4-7,12,14-15,19H,8-11H2,1-3H3. The Labute approximate surface area is 159 Å². The molecule has 1 aromatic heterocycles. The Balaban J connectivity index is 1.55. The SMILES string of the molecule is Cc1ccc(-c2nc(CCNS(=O)(=O)N3CC(C)OC(C)C3)cs2)cc1. The number of nitrogens with one attached hydrogen (secondary N) is 1.